The molecular formula is C17H24N2O4. The minimum atomic E-state index is -0.454. The number of nitrogens with one attached hydrogen (secondary N) is 2. The minimum Gasteiger partial charge on any atom is -0.454 e. The van der Waals surface area contributed by atoms with Crippen LogP contribution in [-0.4, -0.2) is 30.6 Å². The summed E-state index contributed by atoms with van der Waals surface area (Å²) >= 11 is 0. The van der Waals surface area contributed by atoms with Gasteiger partial charge in [-0.05, 0) is 51.3 Å². The van der Waals surface area contributed by atoms with E-state index in [1.807, 2.05) is 39.0 Å². The summed E-state index contributed by atoms with van der Waals surface area (Å²) in [6.45, 7) is 6.67. The first-order valence-corrected chi connectivity index (χ1v) is 8.00. The van der Waals surface area contributed by atoms with Crippen molar-refractivity contribution < 1.29 is 19.0 Å². The van der Waals surface area contributed by atoms with Crippen molar-refractivity contribution in [2.75, 3.05) is 6.79 Å². The molecule has 1 amide bonds. The van der Waals surface area contributed by atoms with E-state index < -0.39 is 5.60 Å². The van der Waals surface area contributed by atoms with Gasteiger partial charge in [0.05, 0.1) is 0 Å². The first kappa shape index (κ1) is 15.9. The van der Waals surface area contributed by atoms with Crippen LogP contribution < -0.4 is 20.1 Å². The number of carbonyl (C=O) groups excluding carboxylic acids is 1. The molecule has 0 saturated heterocycles. The van der Waals surface area contributed by atoms with E-state index in [1.165, 1.54) is 0 Å². The highest BCUT2D eigenvalue weighted by atomic mass is 16.7. The van der Waals surface area contributed by atoms with Crippen molar-refractivity contribution in [3.8, 4) is 11.5 Å². The van der Waals surface area contributed by atoms with Gasteiger partial charge in [-0.25, -0.2) is 4.79 Å². The number of benzene rings is 1. The lowest BCUT2D eigenvalue weighted by Gasteiger charge is -2.36. The molecule has 23 heavy (non-hydrogen) atoms. The van der Waals surface area contributed by atoms with E-state index in [0.717, 1.165) is 36.4 Å². The van der Waals surface area contributed by atoms with E-state index in [-0.39, 0.29) is 12.1 Å². The van der Waals surface area contributed by atoms with Crippen molar-refractivity contribution in [2.24, 2.45) is 0 Å². The molecule has 1 aliphatic heterocycles. The van der Waals surface area contributed by atoms with Crippen molar-refractivity contribution in [3.63, 3.8) is 0 Å². The molecule has 126 valence electrons. The van der Waals surface area contributed by atoms with Crippen LogP contribution in [0.1, 0.15) is 39.2 Å². The van der Waals surface area contributed by atoms with Crippen LogP contribution in [0.25, 0.3) is 0 Å². The molecule has 2 aliphatic rings. The number of carbonyl (C=O) groups is 1. The Kier molecular flexibility index (Phi) is 4.35. The average molecular weight is 320 g/mol. The lowest BCUT2D eigenvalue weighted by molar-refractivity contribution is 0.0465. The Bertz CT molecular complexity index is 576. The van der Waals surface area contributed by atoms with E-state index in [9.17, 15) is 4.79 Å². The molecule has 1 fully saturated rings. The first-order valence-electron chi connectivity index (χ1n) is 8.00. The fourth-order valence-electron chi connectivity index (χ4n) is 2.69. The zero-order valence-electron chi connectivity index (χ0n) is 13.8. The van der Waals surface area contributed by atoms with Gasteiger partial charge in [-0.3, -0.25) is 0 Å². The maximum atomic E-state index is 11.7. The molecule has 1 aliphatic carbocycles. The maximum absolute atomic E-state index is 11.7. The van der Waals surface area contributed by atoms with E-state index in [4.69, 9.17) is 14.2 Å². The number of fused-ring (bicyclic) bond motifs is 1. The van der Waals surface area contributed by atoms with E-state index in [1.54, 1.807) is 0 Å². The second-order valence-electron chi connectivity index (χ2n) is 7.08. The van der Waals surface area contributed by atoms with Gasteiger partial charge >= 0.3 is 6.09 Å². The van der Waals surface area contributed by atoms with Crippen LogP contribution in [0.3, 0.4) is 0 Å². The molecule has 3 rings (SSSR count). The fraction of sp³-hybridized carbons (Fsp3) is 0.588. The molecule has 2 N–H and O–H groups in total. The molecule has 0 bridgehead atoms. The Morgan fingerprint density at radius 3 is 2.70 bits per heavy atom. The van der Waals surface area contributed by atoms with Gasteiger partial charge in [0.2, 0.25) is 6.79 Å². The van der Waals surface area contributed by atoms with Crippen LogP contribution in [-0.2, 0) is 11.3 Å². The topological polar surface area (TPSA) is 68.8 Å². The molecule has 6 heteroatoms. The number of hydrogen-bond donors (Lipinski definition) is 2. The highest BCUT2D eigenvalue weighted by Gasteiger charge is 2.31. The zero-order valence-corrected chi connectivity index (χ0v) is 13.8. The van der Waals surface area contributed by atoms with Crippen molar-refractivity contribution in [1.29, 1.82) is 0 Å². The zero-order chi connectivity index (χ0) is 16.4. The van der Waals surface area contributed by atoms with Gasteiger partial charge in [0, 0.05) is 18.6 Å². The Morgan fingerprint density at radius 1 is 1.22 bits per heavy atom. The third-order valence-electron chi connectivity index (χ3n) is 3.89. The largest absolute Gasteiger partial charge is 0.454 e. The van der Waals surface area contributed by atoms with Gasteiger partial charge in [0.15, 0.2) is 11.5 Å². The molecule has 1 saturated carbocycles. The number of amides is 1. The van der Waals surface area contributed by atoms with Crippen LogP contribution in [0.2, 0.25) is 0 Å². The van der Waals surface area contributed by atoms with Gasteiger partial charge in [0.25, 0.3) is 0 Å². The fourth-order valence-corrected chi connectivity index (χ4v) is 2.69. The number of ether oxygens (including phenoxy) is 3. The molecule has 0 unspecified atom stereocenters. The van der Waals surface area contributed by atoms with E-state index in [2.05, 4.69) is 10.6 Å². The Hall–Kier alpha value is -1.95. The summed E-state index contributed by atoms with van der Waals surface area (Å²) in [4.78, 5) is 11.7. The molecule has 0 atom stereocenters. The highest BCUT2D eigenvalue weighted by Crippen LogP contribution is 2.32. The van der Waals surface area contributed by atoms with E-state index >= 15 is 0 Å². The third kappa shape index (κ3) is 4.28. The van der Waals surface area contributed by atoms with Gasteiger partial charge in [-0.1, -0.05) is 6.07 Å². The average Bonchev–Trinajstić information content (AvgIpc) is 2.86. The van der Waals surface area contributed by atoms with Gasteiger partial charge < -0.3 is 24.8 Å². The summed E-state index contributed by atoms with van der Waals surface area (Å²) in [5.41, 5.74) is 0.711. The minimum absolute atomic E-state index is 0.194. The van der Waals surface area contributed by atoms with Crippen molar-refractivity contribution in [3.05, 3.63) is 23.8 Å². The Labute approximate surface area is 136 Å². The number of alkyl carbamates (subject to hydrolysis) is 1. The van der Waals surface area contributed by atoms with Crippen LogP contribution >= 0.6 is 0 Å². The lowest BCUT2D eigenvalue weighted by atomic mass is 9.86. The van der Waals surface area contributed by atoms with Crippen LogP contribution in [0.5, 0.6) is 11.5 Å². The Morgan fingerprint density at radius 2 is 1.96 bits per heavy atom. The Balaban J connectivity index is 1.37. The number of rotatable bonds is 4. The normalized spacial score (nSPS) is 22.4. The molecule has 0 spiro atoms. The predicted molar refractivity (Wildman–Crippen MR) is 85.6 cm³/mol. The monoisotopic (exact) mass is 320 g/mol. The number of hydrogen-bond acceptors (Lipinski definition) is 5. The second kappa shape index (κ2) is 6.28. The molecule has 0 radical (unpaired) electrons. The van der Waals surface area contributed by atoms with Gasteiger partial charge in [0.1, 0.15) is 5.60 Å². The quantitative estimate of drug-likeness (QED) is 0.892. The molecule has 1 heterocycles. The molecule has 1 aromatic carbocycles. The van der Waals surface area contributed by atoms with Crippen molar-refractivity contribution >= 4 is 6.09 Å². The summed E-state index contributed by atoms with van der Waals surface area (Å²) < 4.78 is 15.9. The van der Waals surface area contributed by atoms with Crippen LogP contribution in [0.15, 0.2) is 18.2 Å². The summed E-state index contributed by atoms with van der Waals surface area (Å²) in [7, 11) is 0. The van der Waals surface area contributed by atoms with Gasteiger partial charge in [-0.2, -0.15) is 0 Å². The molecule has 0 aromatic heterocycles. The van der Waals surface area contributed by atoms with E-state index in [0.29, 0.717) is 12.8 Å². The SMILES string of the molecule is CC(C)(C)OC(=O)NC1CC(NCc2ccc3c(c2)OCO3)C1. The smallest absolute Gasteiger partial charge is 0.407 e. The van der Waals surface area contributed by atoms with Crippen molar-refractivity contribution in [2.45, 2.75) is 57.8 Å². The standard InChI is InChI=1S/C17H24N2O4/c1-17(2,3)23-16(20)19-13-7-12(8-13)18-9-11-4-5-14-15(6-11)22-10-21-14/h4-6,12-13,18H,7-10H2,1-3H3,(H,19,20). The molecular weight excluding hydrogens is 296 g/mol. The maximum Gasteiger partial charge on any atom is 0.407 e. The highest BCUT2D eigenvalue weighted by molar-refractivity contribution is 5.68. The van der Waals surface area contributed by atoms with Crippen molar-refractivity contribution in [1.82, 2.24) is 10.6 Å². The van der Waals surface area contributed by atoms with Gasteiger partial charge in [-0.15, -0.1) is 0 Å². The second-order valence-corrected chi connectivity index (χ2v) is 7.08. The molecule has 1 aromatic rings. The summed E-state index contributed by atoms with van der Waals surface area (Å²) in [5.74, 6) is 1.61. The van der Waals surface area contributed by atoms with Crippen LogP contribution in [0, 0.1) is 0 Å². The predicted octanol–water partition coefficient (Wildman–Crippen LogP) is 2.56. The third-order valence-corrected chi connectivity index (χ3v) is 3.89. The summed E-state index contributed by atoms with van der Waals surface area (Å²) in [6.07, 6.45) is 1.50. The lowest BCUT2D eigenvalue weighted by Crippen LogP contribution is -2.52. The first-order chi connectivity index (χ1) is 10.9. The summed E-state index contributed by atoms with van der Waals surface area (Å²) in [5, 5.41) is 6.39. The van der Waals surface area contributed by atoms with Crippen LogP contribution in [0.4, 0.5) is 4.79 Å². The summed E-state index contributed by atoms with van der Waals surface area (Å²) in [6, 6.07) is 6.59. The molecule has 6 nitrogen and oxygen atoms in total.